The highest BCUT2D eigenvalue weighted by Crippen LogP contribution is 2.20. The third kappa shape index (κ3) is 4.13. The number of halogens is 2. The molecule has 1 amide bonds. The van der Waals surface area contributed by atoms with Crippen molar-refractivity contribution in [3.8, 4) is 5.75 Å². The van der Waals surface area contributed by atoms with Crippen LogP contribution in [-0.4, -0.2) is 17.5 Å². The first-order valence-electron chi connectivity index (χ1n) is 6.06. The van der Waals surface area contributed by atoms with Crippen molar-refractivity contribution in [1.29, 1.82) is 0 Å². The zero-order valence-corrected chi connectivity index (χ0v) is 10.8. The minimum Gasteiger partial charge on any atom is -0.434 e. The minimum atomic E-state index is -2.93. The minimum absolute atomic E-state index is 0.00858. The summed E-state index contributed by atoms with van der Waals surface area (Å²) in [5.74, 6) is -0.424. The molecule has 0 spiro atoms. The van der Waals surface area contributed by atoms with Crippen LogP contribution in [0.1, 0.15) is 15.9 Å². The number of hydrogen-bond acceptors (Lipinski definition) is 3. The summed E-state index contributed by atoms with van der Waals surface area (Å²) in [7, 11) is 0. The summed E-state index contributed by atoms with van der Waals surface area (Å²) in [4.78, 5) is 25.1. The number of aromatic nitrogens is 1. The molecule has 0 atom stereocenters. The number of amides is 1. The van der Waals surface area contributed by atoms with Gasteiger partial charge in [0.15, 0.2) is 0 Å². The zero-order valence-electron chi connectivity index (χ0n) is 10.8. The van der Waals surface area contributed by atoms with E-state index in [2.05, 4.69) is 15.0 Å². The van der Waals surface area contributed by atoms with Gasteiger partial charge in [0.05, 0.1) is 5.56 Å². The van der Waals surface area contributed by atoms with Gasteiger partial charge in [-0.1, -0.05) is 18.2 Å². The largest absolute Gasteiger partial charge is 0.434 e. The number of pyridine rings is 1. The Labute approximate surface area is 118 Å². The molecule has 1 aromatic carbocycles. The van der Waals surface area contributed by atoms with Crippen molar-refractivity contribution >= 4 is 5.91 Å². The number of aromatic amines is 1. The molecule has 0 radical (unpaired) electrons. The highest BCUT2D eigenvalue weighted by molar-refractivity contribution is 5.93. The zero-order chi connectivity index (χ0) is 15.2. The number of benzene rings is 1. The number of carbonyl (C=O) groups is 1. The van der Waals surface area contributed by atoms with E-state index in [9.17, 15) is 18.4 Å². The topological polar surface area (TPSA) is 71.2 Å². The molecule has 1 heterocycles. The summed E-state index contributed by atoms with van der Waals surface area (Å²) < 4.78 is 28.9. The predicted octanol–water partition coefficient (Wildman–Crippen LogP) is 1.91. The van der Waals surface area contributed by atoms with Crippen LogP contribution in [0.4, 0.5) is 8.78 Å². The Morgan fingerprint density at radius 1 is 1.24 bits per heavy atom. The molecule has 0 aliphatic heterocycles. The van der Waals surface area contributed by atoms with Crippen LogP contribution in [-0.2, 0) is 6.54 Å². The van der Waals surface area contributed by atoms with Gasteiger partial charge in [-0.3, -0.25) is 9.59 Å². The highest BCUT2D eigenvalue weighted by atomic mass is 19.3. The van der Waals surface area contributed by atoms with Crippen LogP contribution < -0.4 is 15.6 Å². The summed E-state index contributed by atoms with van der Waals surface area (Å²) in [5.41, 5.74) is 0.375. The second-order valence-electron chi connectivity index (χ2n) is 4.11. The average molecular weight is 294 g/mol. The number of alkyl halides is 2. The lowest BCUT2D eigenvalue weighted by molar-refractivity contribution is -0.0504. The van der Waals surface area contributed by atoms with Gasteiger partial charge in [-0.25, -0.2) is 0 Å². The number of H-pyrrole nitrogens is 1. The van der Waals surface area contributed by atoms with Gasteiger partial charge in [0.1, 0.15) is 5.75 Å². The fourth-order valence-corrected chi connectivity index (χ4v) is 1.69. The monoisotopic (exact) mass is 294 g/mol. The van der Waals surface area contributed by atoms with Crippen LogP contribution in [0.3, 0.4) is 0 Å². The van der Waals surface area contributed by atoms with E-state index >= 15 is 0 Å². The molecule has 0 bridgehead atoms. The van der Waals surface area contributed by atoms with Gasteiger partial charge in [-0.05, 0) is 12.1 Å². The van der Waals surface area contributed by atoms with Crippen molar-refractivity contribution in [2.75, 3.05) is 0 Å². The van der Waals surface area contributed by atoms with E-state index in [0.29, 0.717) is 5.56 Å². The lowest BCUT2D eigenvalue weighted by Crippen LogP contribution is -2.24. The Morgan fingerprint density at radius 3 is 2.67 bits per heavy atom. The molecule has 0 fully saturated rings. The smallest absolute Gasteiger partial charge is 0.387 e. The second kappa shape index (κ2) is 6.65. The number of para-hydroxylation sites is 1. The standard InChI is InChI=1S/C14H12F2N2O3/c15-14(16)21-11-4-2-1-3-9(11)7-18-13(20)10-5-6-12(19)17-8-10/h1-6,8,14H,7H2,(H,17,19)(H,18,20). The Balaban J connectivity index is 2.04. The van der Waals surface area contributed by atoms with Crippen molar-refractivity contribution in [2.24, 2.45) is 0 Å². The van der Waals surface area contributed by atoms with E-state index in [1.54, 1.807) is 18.2 Å². The molecule has 2 rings (SSSR count). The normalized spacial score (nSPS) is 10.4. The molecule has 2 N–H and O–H groups in total. The number of rotatable bonds is 5. The first-order chi connectivity index (χ1) is 10.1. The SMILES string of the molecule is O=C(NCc1ccccc1OC(F)F)c1ccc(=O)[nH]c1. The third-order valence-electron chi connectivity index (χ3n) is 2.67. The van der Waals surface area contributed by atoms with Crippen LogP contribution in [0, 0.1) is 0 Å². The van der Waals surface area contributed by atoms with E-state index < -0.39 is 12.5 Å². The number of ether oxygens (including phenoxy) is 1. The molecule has 0 aliphatic carbocycles. The summed E-state index contributed by atoms with van der Waals surface area (Å²) in [6, 6.07) is 8.78. The molecular formula is C14H12F2N2O3. The molecule has 1 aromatic heterocycles. The molecule has 2 aromatic rings. The van der Waals surface area contributed by atoms with Gasteiger partial charge in [0.25, 0.3) is 5.91 Å². The van der Waals surface area contributed by atoms with Crippen molar-refractivity contribution < 1.29 is 18.3 Å². The van der Waals surface area contributed by atoms with Gasteiger partial charge in [-0.15, -0.1) is 0 Å². The van der Waals surface area contributed by atoms with Crippen molar-refractivity contribution in [3.63, 3.8) is 0 Å². The van der Waals surface area contributed by atoms with Crippen LogP contribution >= 0.6 is 0 Å². The summed E-state index contributed by atoms with van der Waals surface area (Å²) in [6.07, 6.45) is 1.28. The summed E-state index contributed by atoms with van der Waals surface area (Å²) >= 11 is 0. The maximum Gasteiger partial charge on any atom is 0.387 e. The van der Waals surface area contributed by atoms with Gasteiger partial charge in [0.2, 0.25) is 5.56 Å². The molecule has 21 heavy (non-hydrogen) atoms. The van der Waals surface area contributed by atoms with E-state index in [4.69, 9.17) is 0 Å². The van der Waals surface area contributed by atoms with Crippen LogP contribution in [0.15, 0.2) is 47.4 Å². The molecule has 0 saturated heterocycles. The average Bonchev–Trinajstić information content (AvgIpc) is 2.46. The summed E-state index contributed by atoms with van der Waals surface area (Å²) in [5, 5.41) is 2.56. The van der Waals surface area contributed by atoms with Gasteiger partial charge < -0.3 is 15.0 Å². The van der Waals surface area contributed by atoms with E-state index in [1.807, 2.05) is 0 Å². The Bertz CT molecular complexity index is 665. The van der Waals surface area contributed by atoms with Crippen molar-refractivity contribution in [2.45, 2.75) is 13.2 Å². The molecule has 0 saturated carbocycles. The predicted molar refractivity (Wildman–Crippen MR) is 71.3 cm³/mol. The molecule has 0 aliphatic rings. The molecule has 7 heteroatoms. The van der Waals surface area contributed by atoms with Crippen molar-refractivity contribution in [1.82, 2.24) is 10.3 Å². The van der Waals surface area contributed by atoms with E-state index in [0.717, 1.165) is 0 Å². The fraction of sp³-hybridized carbons (Fsp3) is 0.143. The third-order valence-corrected chi connectivity index (χ3v) is 2.67. The first kappa shape index (κ1) is 14.7. The van der Waals surface area contributed by atoms with Crippen molar-refractivity contribution in [3.05, 3.63) is 64.1 Å². The van der Waals surface area contributed by atoms with Gasteiger partial charge in [0, 0.05) is 24.4 Å². The summed E-state index contributed by atoms with van der Waals surface area (Å²) in [6.45, 7) is -2.90. The highest BCUT2D eigenvalue weighted by Gasteiger charge is 2.11. The number of hydrogen-bond donors (Lipinski definition) is 2. The van der Waals surface area contributed by atoms with Crippen LogP contribution in [0.5, 0.6) is 5.75 Å². The van der Waals surface area contributed by atoms with Gasteiger partial charge in [-0.2, -0.15) is 8.78 Å². The number of nitrogens with one attached hydrogen (secondary N) is 2. The van der Waals surface area contributed by atoms with Crippen LogP contribution in [0.25, 0.3) is 0 Å². The van der Waals surface area contributed by atoms with Crippen LogP contribution in [0.2, 0.25) is 0 Å². The first-order valence-corrected chi connectivity index (χ1v) is 6.06. The van der Waals surface area contributed by atoms with Gasteiger partial charge >= 0.3 is 6.61 Å². The maximum atomic E-state index is 12.3. The maximum absolute atomic E-state index is 12.3. The fourth-order valence-electron chi connectivity index (χ4n) is 1.69. The van der Waals surface area contributed by atoms with E-state index in [1.165, 1.54) is 24.4 Å². The second-order valence-corrected chi connectivity index (χ2v) is 4.11. The lowest BCUT2D eigenvalue weighted by atomic mass is 10.2. The molecular weight excluding hydrogens is 282 g/mol. The quantitative estimate of drug-likeness (QED) is 0.885. The molecule has 110 valence electrons. The Kier molecular flexibility index (Phi) is 4.65. The Morgan fingerprint density at radius 2 is 2.00 bits per heavy atom. The van der Waals surface area contributed by atoms with E-state index in [-0.39, 0.29) is 23.4 Å². The number of carbonyl (C=O) groups excluding carboxylic acids is 1. The molecule has 5 nitrogen and oxygen atoms in total. The lowest BCUT2D eigenvalue weighted by Gasteiger charge is -2.11. The molecule has 0 unspecified atom stereocenters. The Hall–Kier alpha value is -2.70.